The van der Waals surface area contributed by atoms with Crippen LogP contribution in [0, 0.1) is 5.41 Å². The zero-order valence-electron chi connectivity index (χ0n) is 11.3. The first kappa shape index (κ1) is 16.9. The molecule has 18 heavy (non-hydrogen) atoms. The molecule has 0 spiro atoms. The number of amides is 2. The van der Waals surface area contributed by atoms with E-state index in [1.54, 1.807) is 27.0 Å². The first-order chi connectivity index (χ1) is 8.14. The largest absolute Gasteiger partial charge is 0.480 e. The van der Waals surface area contributed by atoms with Gasteiger partial charge >= 0.3 is 12.0 Å². The maximum atomic E-state index is 11.5. The van der Waals surface area contributed by atoms with Gasteiger partial charge in [0.15, 0.2) is 0 Å². The standard InChI is InChI=1S/C11H22N2O4S/c1-11(2,3)8(9(14)15)13-10(16)12-6-5-7-18(4)17/h8H,5-7H2,1-4H3,(H,14,15)(H2,12,13,16)/t8-,18?/m0/s1. The number of carbonyl (C=O) groups excluding carboxylic acids is 1. The lowest BCUT2D eigenvalue weighted by atomic mass is 9.87. The average Bonchev–Trinajstić information content (AvgIpc) is 2.18. The molecule has 2 amide bonds. The summed E-state index contributed by atoms with van der Waals surface area (Å²) >= 11 is 0. The van der Waals surface area contributed by atoms with Gasteiger partial charge in [-0.1, -0.05) is 20.8 Å². The zero-order valence-corrected chi connectivity index (χ0v) is 12.1. The fourth-order valence-electron chi connectivity index (χ4n) is 1.31. The number of urea groups is 1. The summed E-state index contributed by atoms with van der Waals surface area (Å²) in [6.45, 7) is 5.60. The molecule has 2 atom stereocenters. The molecule has 0 aliphatic carbocycles. The number of hydrogen-bond acceptors (Lipinski definition) is 3. The van der Waals surface area contributed by atoms with Crippen molar-refractivity contribution in [1.82, 2.24) is 10.6 Å². The van der Waals surface area contributed by atoms with Gasteiger partial charge in [0.2, 0.25) is 0 Å². The highest BCUT2D eigenvalue weighted by molar-refractivity contribution is 7.84. The third kappa shape index (κ3) is 7.26. The fraction of sp³-hybridized carbons (Fsp3) is 0.818. The molecule has 0 saturated carbocycles. The minimum atomic E-state index is -1.06. The molecule has 3 N–H and O–H groups in total. The van der Waals surface area contributed by atoms with Gasteiger partial charge in [-0.05, 0) is 11.8 Å². The Kier molecular flexibility index (Phi) is 6.90. The van der Waals surface area contributed by atoms with E-state index in [1.165, 1.54) is 0 Å². The van der Waals surface area contributed by atoms with Crippen molar-refractivity contribution >= 4 is 22.8 Å². The molecule has 6 nitrogen and oxygen atoms in total. The van der Waals surface area contributed by atoms with Crippen LogP contribution in [0.5, 0.6) is 0 Å². The Morgan fingerprint density at radius 2 is 1.89 bits per heavy atom. The molecule has 0 bridgehead atoms. The quantitative estimate of drug-likeness (QED) is 0.618. The van der Waals surface area contributed by atoms with Crippen LogP contribution in [0.15, 0.2) is 0 Å². The Bertz CT molecular complexity index is 325. The van der Waals surface area contributed by atoms with Crippen molar-refractivity contribution in [2.75, 3.05) is 18.6 Å². The van der Waals surface area contributed by atoms with Crippen molar-refractivity contribution in [3.8, 4) is 0 Å². The lowest BCUT2D eigenvalue weighted by Gasteiger charge is -2.27. The van der Waals surface area contributed by atoms with Gasteiger partial charge in [-0.3, -0.25) is 4.21 Å². The summed E-state index contributed by atoms with van der Waals surface area (Å²) in [6, 6.07) is -1.46. The molecular formula is C11H22N2O4S. The minimum Gasteiger partial charge on any atom is -0.480 e. The van der Waals surface area contributed by atoms with Crippen LogP contribution in [0.25, 0.3) is 0 Å². The van der Waals surface area contributed by atoms with Crippen LogP contribution in [-0.4, -0.2) is 45.9 Å². The van der Waals surface area contributed by atoms with Gasteiger partial charge in [0, 0.05) is 29.4 Å². The van der Waals surface area contributed by atoms with Gasteiger partial charge in [-0.2, -0.15) is 0 Å². The van der Waals surface area contributed by atoms with Crippen LogP contribution >= 0.6 is 0 Å². The first-order valence-electron chi connectivity index (χ1n) is 5.72. The molecule has 0 aromatic rings. The SMILES string of the molecule is CS(=O)CCCNC(=O)N[C@@H](C(=O)O)C(C)(C)C. The van der Waals surface area contributed by atoms with Crippen LogP contribution in [0.3, 0.4) is 0 Å². The summed E-state index contributed by atoms with van der Waals surface area (Å²) in [5.74, 6) is -0.547. The molecule has 0 heterocycles. The van der Waals surface area contributed by atoms with Crippen LogP contribution in [0.1, 0.15) is 27.2 Å². The second-order valence-electron chi connectivity index (χ2n) is 5.17. The topological polar surface area (TPSA) is 95.5 Å². The highest BCUT2D eigenvalue weighted by atomic mass is 32.2. The van der Waals surface area contributed by atoms with Crippen LogP contribution < -0.4 is 10.6 Å². The van der Waals surface area contributed by atoms with E-state index < -0.39 is 34.3 Å². The van der Waals surface area contributed by atoms with Gasteiger partial charge in [-0.15, -0.1) is 0 Å². The monoisotopic (exact) mass is 278 g/mol. The van der Waals surface area contributed by atoms with Gasteiger partial charge in [-0.25, -0.2) is 9.59 Å². The molecule has 0 aliphatic heterocycles. The number of aliphatic carboxylic acids is 1. The Morgan fingerprint density at radius 3 is 2.28 bits per heavy atom. The van der Waals surface area contributed by atoms with E-state index >= 15 is 0 Å². The molecule has 0 saturated heterocycles. The van der Waals surface area contributed by atoms with Crippen LogP contribution in [0.2, 0.25) is 0 Å². The maximum Gasteiger partial charge on any atom is 0.326 e. The molecule has 106 valence electrons. The summed E-state index contributed by atoms with van der Waals surface area (Å²) in [4.78, 5) is 22.5. The molecular weight excluding hydrogens is 256 g/mol. The third-order valence-electron chi connectivity index (χ3n) is 2.28. The van der Waals surface area contributed by atoms with Crippen molar-refractivity contribution < 1.29 is 18.9 Å². The summed E-state index contributed by atoms with van der Waals surface area (Å²) in [5.41, 5.74) is -0.561. The van der Waals surface area contributed by atoms with Gasteiger partial charge in [0.1, 0.15) is 6.04 Å². The minimum absolute atomic E-state index is 0.377. The molecule has 1 unspecified atom stereocenters. The van der Waals surface area contributed by atoms with E-state index in [4.69, 9.17) is 5.11 Å². The number of carboxylic acids is 1. The predicted octanol–water partition coefficient (Wildman–Crippen LogP) is 0.554. The lowest BCUT2D eigenvalue weighted by molar-refractivity contribution is -0.141. The zero-order chi connectivity index (χ0) is 14.3. The van der Waals surface area contributed by atoms with Gasteiger partial charge < -0.3 is 15.7 Å². The normalized spacial score (nSPS) is 14.7. The number of carbonyl (C=O) groups is 2. The van der Waals surface area contributed by atoms with Crippen LogP contribution in [-0.2, 0) is 15.6 Å². The van der Waals surface area contributed by atoms with E-state index in [0.29, 0.717) is 18.7 Å². The average molecular weight is 278 g/mol. The van der Waals surface area contributed by atoms with Crippen molar-refractivity contribution in [3.05, 3.63) is 0 Å². The predicted molar refractivity (Wildman–Crippen MR) is 71.0 cm³/mol. The Hall–Kier alpha value is -1.11. The number of rotatable bonds is 6. The Labute approximate surface area is 110 Å². The van der Waals surface area contributed by atoms with E-state index in [-0.39, 0.29) is 0 Å². The van der Waals surface area contributed by atoms with Crippen molar-refractivity contribution in [2.24, 2.45) is 5.41 Å². The Balaban J connectivity index is 4.12. The number of hydrogen-bond donors (Lipinski definition) is 3. The molecule has 0 aromatic heterocycles. The van der Waals surface area contributed by atoms with E-state index in [9.17, 15) is 13.8 Å². The maximum absolute atomic E-state index is 11.5. The summed E-state index contributed by atoms with van der Waals surface area (Å²) in [6.07, 6.45) is 2.20. The second-order valence-corrected chi connectivity index (χ2v) is 6.72. The Morgan fingerprint density at radius 1 is 1.33 bits per heavy atom. The van der Waals surface area contributed by atoms with Gasteiger partial charge in [0.25, 0.3) is 0 Å². The van der Waals surface area contributed by atoms with Crippen molar-refractivity contribution in [2.45, 2.75) is 33.2 Å². The second kappa shape index (κ2) is 7.35. The lowest BCUT2D eigenvalue weighted by Crippen LogP contribution is -2.52. The van der Waals surface area contributed by atoms with E-state index in [1.807, 2.05) is 0 Å². The molecule has 0 aromatic carbocycles. The van der Waals surface area contributed by atoms with Crippen molar-refractivity contribution in [1.29, 1.82) is 0 Å². The molecule has 0 fully saturated rings. The summed E-state index contributed by atoms with van der Waals surface area (Å²) in [5, 5.41) is 14.0. The number of carboxylic acid groups (broad SMARTS) is 1. The van der Waals surface area contributed by atoms with E-state index in [0.717, 1.165) is 0 Å². The molecule has 0 aliphatic rings. The smallest absolute Gasteiger partial charge is 0.326 e. The number of nitrogens with one attached hydrogen (secondary N) is 2. The highest BCUT2D eigenvalue weighted by Crippen LogP contribution is 2.19. The van der Waals surface area contributed by atoms with Gasteiger partial charge in [0.05, 0.1) is 0 Å². The van der Waals surface area contributed by atoms with Crippen molar-refractivity contribution in [3.63, 3.8) is 0 Å². The highest BCUT2D eigenvalue weighted by Gasteiger charge is 2.32. The summed E-state index contributed by atoms with van der Waals surface area (Å²) in [7, 11) is -0.878. The van der Waals surface area contributed by atoms with E-state index in [2.05, 4.69) is 10.6 Å². The molecule has 7 heteroatoms. The fourth-order valence-corrected chi connectivity index (χ4v) is 1.86. The van der Waals surface area contributed by atoms with Crippen LogP contribution in [0.4, 0.5) is 4.79 Å². The molecule has 0 radical (unpaired) electrons. The first-order valence-corrected chi connectivity index (χ1v) is 7.44. The molecule has 0 rings (SSSR count). The third-order valence-corrected chi connectivity index (χ3v) is 3.15. The summed E-state index contributed by atoms with van der Waals surface area (Å²) < 4.78 is 10.8.